The van der Waals surface area contributed by atoms with E-state index in [1.54, 1.807) is 7.11 Å². The summed E-state index contributed by atoms with van der Waals surface area (Å²) in [6.45, 7) is 6.99. The van der Waals surface area contributed by atoms with Crippen molar-refractivity contribution in [3.05, 3.63) is 24.3 Å². The van der Waals surface area contributed by atoms with Crippen LogP contribution in [0.5, 0.6) is 5.75 Å². The number of methoxy groups -OCH3 is 1. The van der Waals surface area contributed by atoms with Gasteiger partial charge in [-0.3, -0.25) is 0 Å². The van der Waals surface area contributed by atoms with E-state index in [2.05, 4.69) is 25.2 Å². The molecule has 0 bridgehead atoms. The fourth-order valence-electron chi connectivity index (χ4n) is 1.61. The molecule has 1 rings (SSSR count). The molecule has 0 atom stereocenters. The highest BCUT2D eigenvalue weighted by Gasteiger charge is 2.01. The lowest BCUT2D eigenvalue weighted by molar-refractivity contribution is 0.0772. The van der Waals surface area contributed by atoms with Gasteiger partial charge in [0.05, 0.1) is 13.2 Å². The highest BCUT2D eigenvalue weighted by atomic mass is 32.2. The van der Waals surface area contributed by atoms with Crippen LogP contribution in [0.1, 0.15) is 20.3 Å². The summed E-state index contributed by atoms with van der Waals surface area (Å²) in [6, 6.07) is 8.14. The van der Waals surface area contributed by atoms with E-state index in [0.717, 1.165) is 37.6 Å². The van der Waals surface area contributed by atoms with Crippen molar-refractivity contribution in [2.75, 3.05) is 32.6 Å². The second kappa shape index (κ2) is 10.1. The van der Waals surface area contributed by atoms with Gasteiger partial charge in [-0.25, -0.2) is 0 Å². The van der Waals surface area contributed by atoms with E-state index >= 15 is 0 Å². The molecular formula is C15H25NO2S. The predicted molar refractivity (Wildman–Crippen MR) is 82.3 cm³/mol. The maximum Gasteiger partial charge on any atom is 0.132 e. The molecule has 19 heavy (non-hydrogen) atoms. The Morgan fingerprint density at radius 3 is 2.74 bits per heavy atom. The van der Waals surface area contributed by atoms with Crippen LogP contribution in [-0.2, 0) is 4.74 Å². The number of benzene rings is 1. The third-order valence-electron chi connectivity index (χ3n) is 2.55. The van der Waals surface area contributed by atoms with Crippen molar-refractivity contribution in [2.45, 2.75) is 31.3 Å². The quantitative estimate of drug-likeness (QED) is 0.528. The van der Waals surface area contributed by atoms with Gasteiger partial charge in [0.15, 0.2) is 0 Å². The number of rotatable bonds is 10. The Morgan fingerprint density at radius 2 is 2.00 bits per heavy atom. The van der Waals surface area contributed by atoms with E-state index in [4.69, 9.17) is 9.47 Å². The molecule has 0 aromatic heterocycles. The minimum absolute atomic E-state index is 0.334. The van der Waals surface area contributed by atoms with Crippen molar-refractivity contribution in [3.8, 4) is 5.75 Å². The summed E-state index contributed by atoms with van der Waals surface area (Å²) < 4.78 is 10.8. The second-order valence-electron chi connectivity index (χ2n) is 4.52. The maximum atomic E-state index is 5.49. The monoisotopic (exact) mass is 283 g/mol. The Morgan fingerprint density at radius 1 is 1.21 bits per heavy atom. The summed E-state index contributed by atoms with van der Waals surface area (Å²) in [4.78, 5) is 1.20. The molecule has 0 aliphatic heterocycles. The third kappa shape index (κ3) is 7.45. The first-order valence-corrected chi connectivity index (χ1v) is 7.80. The van der Waals surface area contributed by atoms with Crippen LogP contribution < -0.4 is 10.1 Å². The van der Waals surface area contributed by atoms with Gasteiger partial charge in [-0.15, -0.1) is 11.8 Å². The van der Waals surface area contributed by atoms with Crippen LogP contribution in [0.15, 0.2) is 29.2 Å². The average molecular weight is 283 g/mol. The number of nitrogens with one attached hydrogen (secondary N) is 1. The zero-order chi connectivity index (χ0) is 13.9. The number of para-hydroxylation sites is 1. The third-order valence-corrected chi connectivity index (χ3v) is 3.61. The molecule has 0 spiro atoms. The molecule has 0 radical (unpaired) electrons. The zero-order valence-electron chi connectivity index (χ0n) is 12.1. The van der Waals surface area contributed by atoms with Gasteiger partial charge in [-0.1, -0.05) is 12.1 Å². The van der Waals surface area contributed by atoms with Gasteiger partial charge in [0.2, 0.25) is 0 Å². The molecule has 0 fully saturated rings. The minimum atomic E-state index is 0.334. The van der Waals surface area contributed by atoms with E-state index < -0.39 is 0 Å². The van der Waals surface area contributed by atoms with Crippen LogP contribution in [0.4, 0.5) is 0 Å². The maximum absolute atomic E-state index is 5.49. The first-order chi connectivity index (χ1) is 9.24. The summed E-state index contributed by atoms with van der Waals surface area (Å²) in [5.41, 5.74) is 0. The summed E-state index contributed by atoms with van der Waals surface area (Å²) in [5.74, 6) is 2.00. The molecule has 0 aliphatic carbocycles. The molecule has 0 saturated carbocycles. The Labute approximate surface area is 121 Å². The zero-order valence-corrected chi connectivity index (χ0v) is 13.0. The fraction of sp³-hybridized carbons (Fsp3) is 0.600. The Kier molecular flexibility index (Phi) is 8.71. The predicted octanol–water partition coefficient (Wildman–Crippen LogP) is 3.19. The van der Waals surface area contributed by atoms with Crippen molar-refractivity contribution in [3.63, 3.8) is 0 Å². The first kappa shape index (κ1) is 16.3. The molecule has 1 aromatic rings. The molecule has 0 heterocycles. The van der Waals surface area contributed by atoms with E-state index in [0.29, 0.717) is 6.10 Å². The molecule has 3 nitrogen and oxygen atoms in total. The van der Waals surface area contributed by atoms with E-state index in [1.165, 1.54) is 4.90 Å². The van der Waals surface area contributed by atoms with Gasteiger partial charge < -0.3 is 14.8 Å². The van der Waals surface area contributed by atoms with Gasteiger partial charge in [0.1, 0.15) is 5.75 Å². The Hall–Kier alpha value is -0.710. The van der Waals surface area contributed by atoms with Crippen LogP contribution in [0.2, 0.25) is 0 Å². The van der Waals surface area contributed by atoms with Gasteiger partial charge in [-0.2, -0.15) is 0 Å². The average Bonchev–Trinajstić information content (AvgIpc) is 2.42. The lowest BCUT2D eigenvalue weighted by Crippen LogP contribution is -2.20. The van der Waals surface area contributed by atoms with Crippen molar-refractivity contribution in [2.24, 2.45) is 0 Å². The number of hydrogen-bond acceptors (Lipinski definition) is 4. The Balaban J connectivity index is 2.04. The van der Waals surface area contributed by atoms with Crippen LogP contribution in [0.25, 0.3) is 0 Å². The number of thioether (sulfide) groups is 1. The SMILES string of the molecule is COc1ccccc1SCCNCCCOC(C)C. The van der Waals surface area contributed by atoms with E-state index in [9.17, 15) is 0 Å². The van der Waals surface area contributed by atoms with E-state index in [1.807, 2.05) is 30.0 Å². The van der Waals surface area contributed by atoms with Crippen molar-refractivity contribution in [1.82, 2.24) is 5.32 Å². The molecular weight excluding hydrogens is 258 g/mol. The second-order valence-corrected chi connectivity index (χ2v) is 5.66. The lowest BCUT2D eigenvalue weighted by Gasteiger charge is -2.09. The lowest BCUT2D eigenvalue weighted by atomic mass is 10.3. The molecule has 0 saturated heterocycles. The van der Waals surface area contributed by atoms with Gasteiger partial charge in [0, 0.05) is 23.8 Å². The summed E-state index contributed by atoms with van der Waals surface area (Å²) in [7, 11) is 1.71. The standard InChI is InChI=1S/C15H25NO2S/c1-13(2)18-11-6-9-16-10-12-19-15-8-5-4-7-14(15)17-3/h4-5,7-8,13,16H,6,9-12H2,1-3H3. The molecule has 0 unspecified atom stereocenters. The largest absolute Gasteiger partial charge is 0.496 e. The van der Waals surface area contributed by atoms with Gasteiger partial charge in [0.25, 0.3) is 0 Å². The van der Waals surface area contributed by atoms with Crippen molar-refractivity contribution < 1.29 is 9.47 Å². The highest BCUT2D eigenvalue weighted by molar-refractivity contribution is 7.99. The van der Waals surface area contributed by atoms with Crippen LogP contribution in [0.3, 0.4) is 0 Å². The molecule has 1 N–H and O–H groups in total. The normalized spacial score (nSPS) is 10.9. The Bertz CT molecular complexity index is 345. The molecule has 0 aliphatic rings. The van der Waals surface area contributed by atoms with Crippen LogP contribution in [-0.4, -0.2) is 38.7 Å². The van der Waals surface area contributed by atoms with Gasteiger partial charge >= 0.3 is 0 Å². The summed E-state index contributed by atoms with van der Waals surface area (Å²) >= 11 is 1.82. The fourth-order valence-corrected chi connectivity index (χ4v) is 2.55. The topological polar surface area (TPSA) is 30.5 Å². The first-order valence-electron chi connectivity index (χ1n) is 6.82. The smallest absolute Gasteiger partial charge is 0.132 e. The van der Waals surface area contributed by atoms with Crippen LogP contribution >= 0.6 is 11.8 Å². The molecule has 4 heteroatoms. The molecule has 108 valence electrons. The number of ether oxygens (including phenoxy) is 2. The number of hydrogen-bond donors (Lipinski definition) is 1. The van der Waals surface area contributed by atoms with Crippen molar-refractivity contribution >= 4 is 11.8 Å². The molecule has 0 amide bonds. The van der Waals surface area contributed by atoms with Crippen molar-refractivity contribution in [1.29, 1.82) is 0 Å². The van der Waals surface area contributed by atoms with Gasteiger partial charge in [-0.05, 0) is 38.9 Å². The minimum Gasteiger partial charge on any atom is -0.496 e. The van der Waals surface area contributed by atoms with Crippen LogP contribution in [0, 0.1) is 0 Å². The summed E-state index contributed by atoms with van der Waals surface area (Å²) in [6.07, 6.45) is 1.40. The highest BCUT2D eigenvalue weighted by Crippen LogP contribution is 2.27. The molecule has 1 aromatic carbocycles. The van der Waals surface area contributed by atoms with E-state index in [-0.39, 0.29) is 0 Å². The summed E-state index contributed by atoms with van der Waals surface area (Å²) in [5, 5.41) is 3.43.